The Labute approximate surface area is 165 Å². The normalized spacial score (nSPS) is 16.1. The molecule has 2 N–H and O–H groups in total. The lowest BCUT2D eigenvalue weighted by Crippen LogP contribution is -2.31. The van der Waals surface area contributed by atoms with Crippen molar-refractivity contribution in [2.75, 3.05) is 32.1 Å². The molecule has 1 aliphatic rings. The van der Waals surface area contributed by atoms with Crippen LogP contribution in [-0.2, 0) is 16.1 Å². The second-order valence-electron chi connectivity index (χ2n) is 7.13. The van der Waals surface area contributed by atoms with Gasteiger partial charge in [0.15, 0.2) is 0 Å². The lowest BCUT2D eigenvalue weighted by molar-refractivity contribution is -0.117. The van der Waals surface area contributed by atoms with Crippen molar-refractivity contribution in [1.82, 2.24) is 10.2 Å². The van der Waals surface area contributed by atoms with Gasteiger partial charge in [-0.1, -0.05) is 30.3 Å². The Kier molecular flexibility index (Phi) is 7.17. The molecule has 3 rings (SSSR count). The van der Waals surface area contributed by atoms with E-state index in [-0.39, 0.29) is 17.9 Å². The monoisotopic (exact) mass is 381 g/mol. The molecule has 6 heteroatoms. The Morgan fingerprint density at radius 2 is 1.86 bits per heavy atom. The molecule has 6 nitrogen and oxygen atoms in total. The van der Waals surface area contributed by atoms with Crippen molar-refractivity contribution in [3.8, 4) is 0 Å². The number of hydrogen-bond donors (Lipinski definition) is 2. The molecule has 0 saturated carbocycles. The third-order valence-electron chi connectivity index (χ3n) is 4.65. The van der Waals surface area contributed by atoms with Crippen molar-refractivity contribution in [2.45, 2.75) is 25.5 Å². The Morgan fingerprint density at radius 3 is 2.54 bits per heavy atom. The van der Waals surface area contributed by atoms with Crippen molar-refractivity contribution >= 4 is 17.5 Å². The van der Waals surface area contributed by atoms with Gasteiger partial charge in [-0.15, -0.1) is 0 Å². The summed E-state index contributed by atoms with van der Waals surface area (Å²) in [5, 5.41) is 5.76. The molecule has 0 radical (unpaired) electrons. The number of rotatable bonds is 8. The van der Waals surface area contributed by atoms with Gasteiger partial charge in [-0.3, -0.25) is 14.5 Å². The largest absolute Gasteiger partial charge is 0.376 e. The van der Waals surface area contributed by atoms with Gasteiger partial charge in [0.1, 0.15) is 0 Å². The topological polar surface area (TPSA) is 70.7 Å². The predicted molar refractivity (Wildman–Crippen MR) is 109 cm³/mol. The van der Waals surface area contributed by atoms with Crippen molar-refractivity contribution in [3.05, 3.63) is 65.7 Å². The number of amides is 2. The second-order valence-corrected chi connectivity index (χ2v) is 7.13. The zero-order chi connectivity index (χ0) is 19.8. The van der Waals surface area contributed by atoms with Crippen molar-refractivity contribution < 1.29 is 14.3 Å². The van der Waals surface area contributed by atoms with Crippen LogP contribution in [-0.4, -0.2) is 49.6 Å². The Hall–Kier alpha value is -2.70. The average Bonchev–Trinajstić information content (AvgIpc) is 3.21. The van der Waals surface area contributed by atoms with E-state index in [1.165, 1.54) is 0 Å². The average molecular weight is 381 g/mol. The third kappa shape index (κ3) is 6.18. The summed E-state index contributed by atoms with van der Waals surface area (Å²) in [6.07, 6.45) is 2.16. The number of nitrogens with zero attached hydrogens (tertiary/aromatic N) is 1. The fourth-order valence-corrected chi connectivity index (χ4v) is 3.22. The van der Waals surface area contributed by atoms with Gasteiger partial charge in [0, 0.05) is 30.9 Å². The first-order valence-corrected chi connectivity index (χ1v) is 9.62. The van der Waals surface area contributed by atoms with Gasteiger partial charge < -0.3 is 15.4 Å². The molecule has 1 heterocycles. The van der Waals surface area contributed by atoms with Crippen LogP contribution < -0.4 is 10.6 Å². The van der Waals surface area contributed by atoms with Crippen LogP contribution in [0.4, 0.5) is 5.69 Å². The third-order valence-corrected chi connectivity index (χ3v) is 4.65. The Morgan fingerprint density at radius 1 is 1.11 bits per heavy atom. The first kappa shape index (κ1) is 20.0. The van der Waals surface area contributed by atoms with E-state index in [0.29, 0.717) is 30.9 Å². The summed E-state index contributed by atoms with van der Waals surface area (Å²) in [7, 11) is 1.91. The minimum atomic E-state index is -0.129. The van der Waals surface area contributed by atoms with Crippen LogP contribution in [0.2, 0.25) is 0 Å². The molecule has 148 valence electrons. The number of nitrogens with one attached hydrogen (secondary N) is 2. The van der Waals surface area contributed by atoms with Crippen LogP contribution in [0.5, 0.6) is 0 Å². The summed E-state index contributed by atoms with van der Waals surface area (Å²) in [6, 6.07) is 17.0. The Balaban J connectivity index is 1.43. The van der Waals surface area contributed by atoms with Crippen LogP contribution in [0.3, 0.4) is 0 Å². The summed E-state index contributed by atoms with van der Waals surface area (Å²) in [5.74, 6) is -0.218. The molecular weight excluding hydrogens is 354 g/mol. The number of benzene rings is 2. The van der Waals surface area contributed by atoms with Gasteiger partial charge in [0.25, 0.3) is 5.91 Å². The van der Waals surface area contributed by atoms with E-state index < -0.39 is 0 Å². The molecule has 1 unspecified atom stereocenters. The van der Waals surface area contributed by atoms with Crippen molar-refractivity contribution in [1.29, 1.82) is 0 Å². The molecule has 0 spiro atoms. The lowest BCUT2D eigenvalue weighted by Gasteiger charge is -2.16. The summed E-state index contributed by atoms with van der Waals surface area (Å²) in [6.45, 7) is 2.30. The summed E-state index contributed by atoms with van der Waals surface area (Å²) >= 11 is 0. The lowest BCUT2D eigenvalue weighted by atomic mass is 10.2. The highest BCUT2D eigenvalue weighted by Gasteiger charge is 2.16. The fraction of sp³-hybridized carbons (Fsp3) is 0.364. The SMILES string of the molecule is CN(CC(=O)Nc1ccc(C(=O)NCC2CCCO2)cc1)Cc1ccccc1. The minimum absolute atomic E-state index is 0.0889. The molecular formula is C22H27N3O3. The fourth-order valence-electron chi connectivity index (χ4n) is 3.22. The minimum Gasteiger partial charge on any atom is -0.376 e. The highest BCUT2D eigenvalue weighted by molar-refractivity contribution is 5.96. The molecule has 0 aromatic heterocycles. The molecule has 1 aliphatic heterocycles. The van der Waals surface area contributed by atoms with Crippen LogP contribution in [0.1, 0.15) is 28.8 Å². The number of ether oxygens (including phenoxy) is 1. The van der Waals surface area contributed by atoms with E-state index in [2.05, 4.69) is 10.6 Å². The smallest absolute Gasteiger partial charge is 0.251 e. The van der Waals surface area contributed by atoms with E-state index >= 15 is 0 Å². The molecule has 1 saturated heterocycles. The molecule has 0 aliphatic carbocycles. The molecule has 1 atom stereocenters. The second kappa shape index (κ2) is 10.0. The number of hydrogen-bond acceptors (Lipinski definition) is 4. The van der Waals surface area contributed by atoms with Gasteiger partial charge in [-0.2, -0.15) is 0 Å². The Bertz CT molecular complexity index is 771. The predicted octanol–water partition coefficient (Wildman–Crippen LogP) is 2.67. The highest BCUT2D eigenvalue weighted by atomic mass is 16.5. The number of anilines is 1. The zero-order valence-corrected chi connectivity index (χ0v) is 16.2. The number of likely N-dealkylation sites (N-methyl/N-ethyl adjacent to an activating group) is 1. The molecule has 2 aromatic rings. The molecule has 28 heavy (non-hydrogen) atoms. The van der Waals surface area contributed by atoms with Gasteiger partial charge in [0.05, 0.1) is 12.6 Å². The van der Waals surface area contributed by atoms with Crippen molar-refractivity contribution in [2.24, 2.45) is 0 Å². The van der Waals surface area contributed by atoms with Crippen LogP contribution >= 0.6 is 0 Å². The molecule has 2 amide bonds. The number of carbonyl (C=O) groups excluding carboxylic acids is 2. The van der Waals surface area contributed by atoms with Gasteiger partial charge in [0.2, 0.25) is 5.91 Å². The highest BCUT2D eigenvalue weighted by Crippen LogP contribution is 2.12. The van der Waals surface area contributed by atoms with E-state index in [1.54, 1.807) is 24.3 Å². The molecule has 1 fully saturated rings. The maximum atomic E-state index is 12.2. The van der Waals surface area contributed by atoms with E-state index in [4.69, 9.17) is 4.74 Å². The quantitative estimate of drug-likeness (QED) is 0.738. The summed E-state index contributed by atoms with van der Waals surface area (Å²) < 4.78 is 5.50. The maximum Gasteiger partial charge on any atom is 0.251 e. The van der Waals surface area contributed by atoms with Crippen LogP contribution in [0.25, 0.3) is 0 Å². The van der Waals surface area contributed by atoms with Gasteiger partial charge in [-0.25, -0.2) is 0 Å². The van der Waals surface area contributed by atoms with Crippen molar-refractivity contribution in [3.63, 3.8) is 0 Å². The van der Waals surface area contributed by atoms with Crippen LogP contribution in [0, 0.1) is 0 Å². The maximum absolute atomic E-state index is 12.2. The first-order valence-electron chi connectivity index (χ1n) is 9.62. The van der Waals surface area contributed by atoms with E-state index in [9.17, 15) is 9.59 Å². The zero-order valence-electron chi connectivity index (χ0n) is 16.2. The van der Waals surface area contributed by atoms with E-state index in [1.807, 2.05) is 42.3 Å². The number of carbonyl (C=O) groups is 2. The summed E-state index contributed by atoms with van der Waals surface area (Å²) in [5.41, 5.74) is 2.40. The summed E-state index contributed by atoms with van der Waals surface area (Å²) in [4.78, 5) is 26.4. The van der Waals surface area contributed by atoms with E-state index in [0.717, 1.165) is 25.0 Å². The first-order chi connectivity index (χ1) is 13.6. The molecule has 0 bridgehead atoms. The standard InChI is InChI=1S/C22H27N3O3/c1-25(15-17-6-3-2-4-7-17)16-21(26)24-19-11-9-18(10-12-19)22(27)23-14-20-8-5-13-28-20/h2-4,6-7,9-12,20H,5,8,13-16H2,1H3,(H,23,27)(H,24,26). The van der Waals surface area contributed by atoms with Gasteiger partial charge >= 0.3 is 0 Å². The van der Waals surface area contributed by atoms with Crippen LogP contribution in [0.15, 0.2) is 54.6 Å². The molecule has 2 aromatic carbocycles. The van der Waals surface area contributed by atoms with Gasteiger partial charge in [-0.05, 0) is 49.7 Å².